The number of nitrogens with zero attached hydrogens (tertiary/aromatic N) is 4. The third kappa shape index (κ3) is 3.18. The van der Waals surface area contributed by atoms with E-state index in [1.165, 1.54) is 12.1 Å². The molecule has 1 saturated heterocycles. The molecule has 0 atom stereocenters. The van der Waals surface area contributed by atoms with E-state index in [-0.39, 0.29) is 23.7 Å². The first-order valence-electron chi connectivity index (χ1n) is 7.66. The van der Waals surface area contributed by atoms with Crippen molar-refractivity contribution in [3.8, 4) is 0 Å². The number of anilines is 1. The molecule has 7 heteroatoms. The summed E-state index contributed by atoms with van der Waals surface area (Å²) in [6.07, 6.45) is 0. The lowest BCUT2D eigenvalue weighted by molar-refractivity contribution is 0.159. The van der Waals surface area contributed by atoms with E-state index < -0.39 is 0 Å². The highest BCUT2D eigenvalue weighted by Crippen LogP contribution is 2.27. The van der Waals surface area contributed by atoms with Crippen LogP contribution in [0.1, 0.15) is 37.3 Å². The molecule has 2 amide bonds. The molecule has 2 aromatic rings. The van der Waals surface area contributed by atoms with Gasteiger partial charge in [-0.15, -0.1) is 0 Å². The number of hydrogen-bond acceptors (Lipinski definition) is 3. The molecule has 1 aromatic carbocycles. The lowest BCUT2D eigenvalue weighted by Gasteiger charge is -2.38. The fourth-order valence-corrected chi connectivity index (χ4v) is 2.56. The molecule has 0 aliphatic carbocycles. The summed E-state index contributed by atoms with van der Waals surface area (Å²) in [6, 6.07) is 5.55. The minimum Gasteiger partial charge on any atom is -0.323 e. The Morgan fingerprint density at radius 3 is 2.52 bits per heavy atom. The van der Waals surface area contributed by atoms with Crippen molar-refractivity contribution >= 4 is 11.7 Å². The van der Waals surface area contributed by atoms with Crippen molar-refractivity contribution in [3.05, 3.63) is 41.7 Å². The van der Waals surface area contributed by atoms with Crippen LogP contribution in [0.4, 0.5) is 14.9 Å². The second-order valence-corrected chi connectivity index (χ2v) is 6.15. The molecule has 2 heterocycles. The summed E-state index contributed by atoms with van der Waals surface area (Å²) in [5.41, 5.74) is 0.584. The topological polar surface area (TPSA) is 63.1 Å². The number of urea groups is 1. The summed E-state index contributed by atoms with van der Waals surface area (Å²) in [4.78, 5) is 18.4. The Morgan fingerprint density at radius 1 is 1.30 bits per heavy atom. The van der Waals surface area contributed by atoms with Crippen molar-refractivity contribution in [2.24, 2.45) is 7.05 Å². The number of benzene rings is 1. The van der Waals surface area contributed by atoms with Crippen molar-refractivity contribution in [3.63, 3.8) is 0 Å². The Balaban J connectivity index is 1.58. The highest BCUT2D eigenvalue weighted by atomic mass is 19.1. The summed E-state index contributed by atoms with van der Waals surface area (Å²) in [5.74, 6) is 1.92. The standard InChI is InChI=1S/C16H20FN5O/c1-10(2)14-19-15(21(3)20-14)11-8-22(9-11)16(23)18-13-6-4-12(17)5-7-13/h4-7,10-11H,8-9H2,1-3H3,(H,18,23). The second-order valence-electron chi connectivity index (χ2n) is 6.15. The first-order valence-corrected chi connectivity index (χ1v) is 7.66. The van der Waals surface area contributed by atoms with Gasteiger partial charge in [0.1, 0.15) is 11.6 Å². The third-order valence-corrected chi connectivity index (χ3v) is 3.96. The number of likely N-dealkylation sites (tertiary alicyclic amines) is 1. The molecular formula is C16H20FN5O. The number of aryl methyl sites for hydroxylation is 1. The van der Waals surface area contributed by atoms with Gasteiger partial charge in [0.25, 0.3) is 0 Å². The van der Waals surface area contributed by atoms with Gasteiger partial charge < -0.3 is 10.2 Å². The Hall–Kier alpha value is -2.44. The predicted octanol–water partition coefficient (Wildman–Crippen LogP) is 2.71. The van der Waals surface area contributed by atoms with E-state index >= 15 is 0 Å². The summed E-state index contributed by atoms with van der Waals surface area (Å²) in [7, 11) is 1.88. The number of amides is 2. The van der Waals surface area contributed by atoms with Gasteiger partial charge in [0.15, 0.2) is 5.82 Å². The van der Waals surface area contributed by atoms with Gasteiger partial charge in [-0.3, -0.25) is 4.68 Å². The number of carbonyl (C=O) groups is 1. The van der Waals surface area contributed by atoms with E-state index in [9.17, 15) is 9.18 Å². The number of hydrogen-bond donors (Lipinski definition) is 1. The summed E-state index contributed by atoms with van der Waals surface area (Å²) >= 11 is 0. The van der Waals surface area contributed by atoms with Crippen LogP contribution in [0.25, 0.3) is 0 Å². The van der Waals surface area contributed by atoms with Gasteiger partial charge in [-0.1, -0.05) is 13.8 Å². The average molecular weight is 317 g/mol. The Morgan fingerprint density at radius 2 is 1.96 bits per heavy atom. The maximum atomic E-state index is 12.9. The van der Waals surface area contributed by atoms with Gasteiger partial charge in [-0.2, -0.15) is 5.10 Å². The number of carbonyl (C=O) groups excluding carboxylic acids is 1. The molecule has 1 aliphatic rings. The SMILES string of the molecule is CC(C)c1nc(C2CN(C(=O)Nc3ccc(F)cc3)C2)n(C)n1. The maximum absolute atomic E-state index is 12.9. The molecule has 0 spiro atoms. The van der Waals surface area contributed by atoms with E-state index in [1.807, 2.05) is 7.05 Å². The third-order valence-electron chi connectivity index (χ3n) is 3.96. The molecule has 3 rings (SSSR count). The largest absolute Gasteiger partial charge is 0.323 e. The summed E-state index contributed by atoms with van der Waals surface area (Å²) in [5, 5.41) is 7.17. The zero-order valence-corrected chi connectivity index (χ0v) is 13.5. The normalized spacial score (nSPS) is 14.9. The molecule has 1 aromatic heterocycles. The zero-order chi connectivity index (χ0) is 16.6. The smallest absolute Gasteiger partial charge is 0.321 e. The minimum atomic E-state index is -0.324. The van der Waals surface area contributed by atoms with Crippen LogP contribution in [0.15, 0.2) is 24.3 Å². The highest BCUT2D eigenvalue weighted by molar-refractivity contribution is 5.89. The first kappa shape index (κ1) is 15.5. The Bertz CT molecular complexity index is 704. The van der Waals surface area contributed by atoms with Gasteiger partial charge >= 0.3 is 6.03 Å². The molecular weight excluding hydrogens is 297 g/mol. The van der Waals surface area contributed by atoms with Gasteiger partial charge in [0, 0.05) is 31.7 Å². The van der Waals surface area contributed by atoms with Crippen molar-refractivity contribution in [1.82, 2.24) is 19.7 Å². The van der Waals surface area contributed by atoms with Gasteiger partial charge in [-0.05, 0) is 24.3 Å². The molecule has 0 unspecified atom stereocenters. The quantitative estimate of drug-likeness (QED) is 0.946. The summed E-state index contributed by atoms with van der Waals surface area (Å²) < 4.78 is 14.7. The maximum Gasteiger partial charge on any atom is 0.321 e. The number of nitrogens with one attached hydrogen (secondary N) is 1. The van der Waals surface area contributed by atoms with Gasteiger partial charge in [-0.25, -0.2) is 14.2 Å². The molecule has 0 radical (unpaired) electrons. The van der Waals surface area contributed by atoms with Gasteiger partial charge in [0.2, 0.25) is 0 Å². The lowest BCUT2D eigenvalue weighted by atomic mass is 10.00. The Kier molecular flexibility index (Phi) is 4.02. The molecule has 23 heavy (non-hydrogen) atoms. The van der Waals surface area contributed by atoms with Crippen LogP contribution >= 0.6 is 0 Å². The number of rotatable bonds is 3. The van der Waals surface area contributed by atoms with E-state index in [0.717, 1.165) is 11.6 Å². The first-order chi connectivity index (χ1) is 10.9. The minimum absolute atomic E-state index is 0.181. The van der Waals surface area contributed by atoms with Crippen LogP contribution in [0.2, 0.25) is 0 Å². The van der Waals surface area contributed by atoms with Crippen molar-refractivity contribution in [1.29, 1.82) is 0 Å². The predicted molar refractivity (Wildman–Crippen MR) is 84.8 cm³/mol. The van der Waals surface area contributed by atoms with E-state index in [0.29, 0.717) is 18.8 Å². The second kappa shape index (κ2) is 5.98. The molecule has 6 nitrogen and oxygen atoms in total. The molecule has 0 saturated carbocycles. The van der Waals surface area contributed by atoms with Crippen LogP contribution in [-0.2, 0) is 7.05 Å². The van der Waals surface area contributed by atoms with E-state index in [1.54, 1.807) is 21.7 Å². The molecule has 122 valence electrons. The van der Waals surface area contributed by atoms with Crippen LogP contribution in [-0.4, -0.2) is 38.8 Å². The lowest BCUT2D eigenvalue weighted by Crippen LogP contribution is -2.51. The zero-order valence-electron chi connectivity index (χ0n) is 13.5. The molecule has 1 fully saturated rings. The van der Waals surface area contributed by atoms with Gasteiger partial charge in [0.05, 0.1) is 5.92 Å². The Labute approximate surface area is 134 Å². The van der Waals surface area contributed by atoms with Crippen LogP contribution < -0.4 is 5.32 Å². The fraction of sp³-hybridized carbons (Fsp3) is 0.438. The fourth-order valence-electron chi connectivity index (χ4n) is 2.56. The van der Waals surface area contributed by atoms with Crippen LogP contribution in [0.5, 0.6) is 0 Å². The average Bonchev–Trinajstić information content (AvgIpc) is 2.82. The number of aromatic nitrogens is 3. The number of halogens is 1. The highest BCUT2D eigenvalue weighted by Gasteiger charge is 2.35. The van der Waals surface area contributed by atoms with Crippen molar-refractivity contribution in [2.45, 2.75) is 25.7 Å². The van der Waals surface area contributed by atoms with E-state index in [2.05, 4.69) is 29.2 Å². The molecule has 0 bridgehead atoms. The van der Waals surface area contributed by atoms with Crippen molar-refractivity contribution < 1.29 is 9.18 Å². The summed E-state index contributed by atoms with van der Waals surface area (Å²) in [6.45, 7) is 5.33. The van der Waals surface area contributed by atoms with Crippen LogP contribution in [0.3, 0.4) is 0 Å². The van der Waals surface area contributed by atoms with Crippen molar-refractivity contribution in [2.75, 3.05) is 18.4 Å². The monoisotopic (exact) mass is 317 g/mol. The van der Waals surface area contributed by atoms with Crippen LogP contribution in [0, 0.1) is 5.82 Å². The molecule has 1 aliphatic heterocycles. The molecule has 1 N–H and O–H groups in total. The van der Waals surface area contributed by atoms with E-state index in [4.69, 9.17) is 0 Å².